The van der Waals surface area contributed by atoms with Crippen LogP contribution in [0, 0.1) is 0 Å². The molecule has 5 rings (SSSR count). The average molecular weight is 499 g/mol. The lowest BCUT2D eigenvalue weighted by Crippen LogP contribution is -2.30. The van der Waals surface area contributed by atoms with Gasteiger partial charge < -0.3 is 19.5 Å². The molecule has 0 radical (unpaired) electrons. The lowest BCUT2D eigenvalue weighted by Gasteiger charge is -2.30. The van der Waals surface area contributed by atoms with Crippen molar-refractivity contribution in [3.05, 3.63) is 89.5 Å². The lowest BCUT2D eigenvalue weighted by molar-refractivity contribution is -0.132. The maximum atomic E-state index is 13.4. The number of carbonyl (C=O) groups is 2. The number of hydrogen-bond acceptors (Lipinski definition) is 6. The number of aliphatic hydroxyl groups is 1. The second-order valence-corrected chi connectivity index (χ2v) is 9.21. The molecule has 3 aromatic carbocycles. The van der Waals surface area contributed by atoms with Gasteiger partial charge in [0, 0.05) is 30.5 Å². The summed E-state index contributed by atoms with van der Waals surface area (Å²) in [6.45, 7) is 2.02. The molecular weight excluding hydrogens is 468 g/mol. The first kappa shape index (κ1) is 24.4. The van der Waals surface area contributed by atoms with Gasteiger partial charge in [-0.2, -0.15) is 0 Å². The van der Waals surface area contributed by atoms with E-state index in [0.29, 0.717) is 22.7 Å². The molecule has 190 valence electrons. The van der Waals surface area contributed by atoms with Crippen LogP contribution in [0.2, 0.25) is 0 Å². The van der Waals surface area contributed by atoms with E-state index in [1.807, 2.05) is 54.6 Å². The molecule has 0 aromatic heterocycles. The van der Waals surface area contributed by atoms with Crippen molar-refractivity contribution in [1.29, 1.82) is 0 Å². The van der Waals surface area contributed by atoms with Crippen LogP contribution in [0.15, 0.2) is 78.4 Å². The van der Waals surface area contributed by atoms with Crippen LogP contribution in [-0.4, -0.2) is 44.1 Å². The zero-order valence-corrected chi connectivity index (χ0v) is 21.0. The standard InChI is InChI=1S/C30H30N2O5/c1-36-23-15-16-24(25(19-23)37-2)28(33)26-27(20-9-5-3-6-10-20)32(30(35)29(26)34)22-13-11-21(12-14-22)31-17-7-4-8-18-31/h3,5-6,9-16,19,27,33H,4,7-8,17-18H2,1-2H3/b28-26-. The largest absolute Gasteiger partial charge is 0.507 e. The highest BCUT2D eigenvalue weighted by Gasteiger charge is 2.47. The van der Waals surface area contributed by atoms with Gasteiger partial charge >= 0.3 is 0 Å². The molecule has 7 nitrogen and oxygen atoms in total. The highest BCUT2D eigenvalue weighted by molar-refractivity contribution is 6.51. The number of anilines is 2. The summed E-state index contributed by atoms with van der Waals surface area (Å²) in [5, 5.41) is 11.4. The molecule has 2 fully saturated rings. The fourth-order valence-electron chi connectivity index (χ4n) is 5.16. The maximum Gasteiger partial charge on any atom is 0.300 e. The third-order valence-corrected chi connectivity index (χ3v) is 7.07. The number of carbonyl (C=O) groups excluding carboxylic acids is 2. The Morgan fingerprint density at radius 1 is 0.838 bits per heavy atom. The van der Waals surface area contributed by atoms with Crippen LogP contribution in [0.5, 0.6) is 11.5 Å². The molecule has 0 bridgehead atoms. The van der Waals surface area contributed by atoms with Gasteiger partial charge in [0.1, 0.15) is 17.3 Å². The fourth-order valence-corrected chi connectivity index (χ4v) is 5.16. The van der Waals surface area contributed by atoms with Gasteiger partial charge in [-0.1, -0.05) is 30.3 Å². The van der Waals surface area contributed by atoms with Crippen molar-refractivity contribution in [2.45, 2.75) is 25.3 Å². The van der Waals surface area contributed by atoms with Crippen LogP contribution >= 0.6 is 0 Å². The molecule has 0 aliphatic carbocycles. The van der Waals surface area contributed by atoms with Crippen LogP contribution in [0.1, 0.15) is 36.4 Å². The number of ketones is 1. The van der Waals surface area contributed by atoms with E-state index in [1.165, 1.54) is 38.4 Å². The molecule has 1 N–H and O–H groups in total. The minimum Gasteiger partial charge on any atom is -0.507 e. The lowest BCUT2D eigenvalue weighted by atomic mass is 9.95. The van der Waals surface area contributed by atoms with Crippen molar-refractivity contribution in [3.8, 4) is 11.5 Å². The maximum absolute atomic E-state index is 13.4. The van der Waals surface area contributed by atoms with Gasteiger partial charge in [-0.25, -0.2) is 0 Å². The quantitative estimate of drug-likeness (QED) is 0.282. The second-order valence-electron chi connectivity index (χ2n) is 9.21. The van der Waals surface area contributed by atoms with E-state index in [0.717, 1.165) is 24.3 Å². The molecule has 2 aliphatic rings. The number of methoxy groups -OCH3 is 2. The summed E-state index contributed by atoms with van der Waals surface area (Å²) in [6, 6.07) is 21.1. The normalized spacial score (nSPS) is 19.2. The first-order valence-electron chi connectivity index (χ1n) is 12.5. The molecular formula is C30H30N2O5. The molecule has 2 saturated heterocycles. The Morgan fingerprint density at radius 3 is 2.16 bits per heavy atom. The highest BCUT2D eigenvalue weighted by atomic mass is 16.5. The summed E-state index contributed by atoms with van der Waals surface area (Å²) in [5.74, 6) is -0.847. The number of benzene rings is 3. The predicted molar refractivity (Wildman–Crippen MR) is 143 cm³/mol. The topological polar surface area (TPSA) is 79.3 Å². The number of piperidine rings is 1. The number of Topliss-reactive ketones (excluding diaryl/α,β-unsaturated/α-hetero) is 1. The molecule has 1 amide bonds. The van der Waals surface area contributed by atoms with Crippen molar-refractivity contribution in [1.82, 2.24) is 0 Å². The fraction of sp³-hybridized carbons (Fsp3) is 0.267. The van der Waals surface area contributed by atoms with Crippen molar-refractivity contribution in [2.24, 2.45) is 0 Å². The summed E-state index contributed by atoms with van der Waals surface area (Å²) < 4.78 is 10.7. The molecule has 1 unspecified atom stereocenters. The number of aliphatic hydroxyl groups excluding tert-OH is 1. The van der Waals surface area contributed by atoms with Gasteiger partial charge in [0.25, 0.3) is 11.7 Å². The van der Waals surface area contributed by atoms with E-state index in [9.17, 15) is 14.7 Å². The van der Waals surface area contributed by atoms with E-state index in [1.54, 1.807) is 18.2 Å². The predicted octanol–water partition coefficient (Wildman–Crippen LogP) is 5.32. The van der Waals surface area contributed by atoms with Crippen LogP contribution in [0.25, 0.3) is 5.76 Å². The van der Waals surface area contributed by atoms with Crippen molar-refractivity contribution in [3.63, 3.8) is 0 Å². The second kappa shape index (κ2) is 10.4. The summed E-state index contributed by atoms with van der Waals surface area (Å²) >= 11 is 0. The van der Waals surface area contributed by atoms with Crippen LogP contribution in [0.3, 0.4) is 0 Å². The van der Waals surface area contributed by atoms with Crippen LogP contribution in [-0.2, 0) is 9.59 Å². The summed E-state index contributed by atoms with van der Waals surface area (Å²) in [6.07, 6.45) is 3.58. The Hall–Kier alpha value is -4.26. The zero-order valence-electron chi connectivity index (χ0n) is 21.0. The Bertz CT molecular complexity index is 1330. The van der Waals surface area contributed by atoms with Gasteiger partial charge in [-0.3, -0.25) is 14.5 Å². The number of amides is 1. The third kappa shape index (κ3) is 4.53. The first-order valence-corrected chi connectivity index (χ1v) is 12.5. The van der Waals surface area contributed by atoms with Crippen molar-refractivity contribution in [2.75, 3.05) is 37.1 Å². The summed E-state index contributed by atoms with van der Waals surface area (Å²) in [4.78, 5) is 30.7. The number of ether oxygens (including phenoxy) is 2. The Kier molecular flexibility index (Phi) is 6.86. The molecule has 3 aromatic rings. The Balaban J connectivity index is 1.61. The molecule has 2 aliphatic heterocycles. The molecule has 7 heteroatoms. The molecule has 2 heterocycles. The Labute approximate surface area is 216 Å². The van der Waals surface area contributed by atoms with E-state index < -0.39 is 17.7 Å². The monoisotopic (exact) mass is 498 g/mol. The van der Waals surface area contributed by atoms with E-state index in [2.05, 4.69) is 4.90 Å². The van der Waals surface area contributed by atoms with Crippen LogP contribution < -0.4 is 19.3 Å². The smallest absolute Gasteiger partial charge is 0.300 e. The van der Waals surface area contributed by atoms with Crippen molar-refractivity contribution < 1.29 is 24.2 Å². The minimum absolute atomic E-state index is 0.0137. The number of rotatable bonds is 6. The first-order chi connectivity index (χ1) is 18.0. The van der Waals surface area contributed by atoms with E-state index in [-0.39, 0.29) is 11.3 Å². The SMILES string of the molecule is COc1ccc(/C(O)=C2/C(=O)C(=O)N(c3ccc(N4CCCCC4)cc3)C2c2ccccc2)c(OC)c1. The summed E-state index contributed by atoms with van der Waals surface area (Å²) in [7, 11) is 3.01. The highest BCUT2D eigenvalue weighted by Crippen LogP contribution is 2.44. The summed E-state index contributed by atoms with van der Waals surface area (Å²) in [5.41, 5.74) is 2.73. The minimum atomic E-state index is -0.797. The van der Waals surface area contributed by atoms with E-state index >= 15 is 0 Å². The molecule has 37 heavy (non-hydrogen) atoms. The van der Waals surface area contributed by atoms with Gasteiger partial charge in [0.2, 0.25) is 0 Å². The average Bonchev–Trinajstić information content (AvgIpc) is 3.23. The van der Waals surface area contributed by atoms with Crippen LogP contribution in [0.4, 0.5) is 11.4 Å². The third-order valence-electron chi connectivity index (χ3n) is 7.07. The number of hydrogen-bond donors (Lipinski definition) is 1. The van der Waals surface area contributed by atoms with Gasteiger partial charge in [-0.05, 0) is 61.2 Å². The van der Waals surface area contributed by atoms with Gasteiger partial charge in [-0.15, -0.1) is 0 Å². The number of nitrogens with zero attached hydrogens (tertiary/aromatic N) is 2. The zero-order chi connectivity index (χ0) is 25.9. The van der Waals surface area contributed by atoms with Gasteiger partial charge in [0.05, 0.1) is 31.4 Å². The Morgan fingerprint density at radius 2 is 1.51 bits per heavy atom. The van der Waals surface area contributed by atoms with Gasteiger partial charge in [0.15, 0.2) is 0 Å². The molecule has 1 atom stereocenters. The molecule has 0 saturated carbocycles. The van der Waals surface area contributed by atoms with E-state index in [4.69, 9.17) is 9.47 Å². The molecule has 0 spiro atoms. The van der Waals surface area contributed by atoms with Crippen molar-refractivity contribution >= 4 is 28.8 Å².